The maximum atomic E-state index is 13.0. The Bertz CT molecular complexity index is 1520. The standard InChI is InChI=1S/C24H23N3O8S2/c1-32-17-4-2-3-14(21(17)29)13-25-15-5-7-16(8-6-15)37(30,31)27-23-26-20-19(36-23)10-9-18-22(20)35-24(34-18)33-12-11-28/h2-10,24-25,28-29H,11-13H2,1H3,(H,26,27). The maximum Gasteiger partial charge on any atom is 0.361 e. The summed E-state index contributed by atoms with van der Waals surface area (Å²) in [6.07, 6.45) is 0. The van der Waals surface area contributed by atoms with Gasteiger partial charge in [-0.05, 0) is 42.5 Å². The lowest BCUT2D eigenvalue weighted by atomic mass is 10.2. The van der Waals surface area contributed by atoms with Gasteiger partial charge in [-0.3, -0.25) is 4.72 Å². The van der Waals surface area contributed by atoms with Gasteiger partial charge in [-0.15, -0.1) is 0 Å². The first-order valence-electron chi connectivity index (χ1n) is 11.1. The van der Waals surface area contributed by atoms with Crippen LogP contribution in [-0.2, 0) is 21.3 Å². The van der Waals surface area contributed by atoms with Gasteiger partial charge in [0, 0.05) is 17.8 Å². The van der Waals surface area contributed by atoms with Crippen LogP contribution in [0, 0.1) is 0 Å². The van der Waals surface area contributed by atoms with E-state index in [2.05, 4.69) is 15.0 Å². The predicted molar refractivity (Wildman–Crippen MR) is 137 cm³/mol. The average molecular weight is 546 g/mol. The van der Waals surface area contributed by atoms with E-state index in [1.165, 1.54) is 19.2 Å². The zero-order chi connectivity index (χ0) is 26.0. The van der Waals surface area contributed by atoms with Crippen LogP contribution >= 0.6 is 11.3 Å². The van der Waals surface area contributed by atoms with Crippen LogP contribution in [0.4, 0.5) is 10.8 Å². The van der Waals surface area contributed by atoms with Crippen molar-refractivity contribution in [2.75, 3.05) is 30.4 Å². The minimum absolute atomic E-state index is 0.0434. The number of hydrogen-bond acceptors (Lipinski definition) is 11. The molecule has 0 amide bonds. The summed E-state index contributed by atoms with van der Waals surface area (Å²) in [6.45, 7) is -0.821. The number of phenolic OH excluding ortho intramolecular Hbond substituents is 1. The van der Waals surface area contributed by atoms with E-state index in [1.54, 1.807) is 42.5 Å². The van der Waals surface area contributed by atoms with E-state index in [1.807, 2.05) is 0 Å². The number of hydrogen-bond donors (Lipinski definition) is 4. The molecule has 2 heterocycles. The van der Waals surface area contributed by atoms with Gasteiger partial charge >= 0.3 is 6.48 Å². The van der Waals surface area contributed by atoms with Crippen molar-refractivity contribution < 1.29 is 37.6 Å². The van der Waals surface area contributed by atoms with Gasteiger partial charge in [0.05, 0.1) is 29.9 Å². The Labute approximate surface area is 216 Å². The Morgan fingerprint density at radius 1 is 1.11 bits per heavy atom. The molecule has 4 aromatic rings. The van der Waals surface area contributed by atoms with E-state index in [4.69, 9.17) is 24.1 Å². The van der Waals surface area contributed by atoms with Crippen molar-refractivity contribution in [2.24, 2.45) is 0 Å². The van der Waals surface area contributed by atoms with Gasteiger partial charge in [0.1, 0.15) is 5.52 Å². The Morgan fingerprint density at radius 2 is 1.92 bits per heavy atom. The van der Waals surface area contributed by atoms with E-state index in [9.17, 15) is 13.5 Å². The lowest BCUT2D eigenvalue weighted by molar-refractivity contribution is -0.180. The molecule has 1 aliphatic rings. The summed E-state index contributed by atoms with van der Waals surface area (Å²) in [7, 11) is -2.43. The fourth-order valence-electron chi connectivity index (χ4n) is 3.64. The number of para-hydroxylation sites is 1. The molecule has 0 bridgehead atoms. The van der Waals surface area contributed by atoms with Crippen molar-refractivity contribution in [3.05, 3.63) is 60.2 Å². The number of rotatable bonds is 10. The lowest BCUT2D eigenvalue weighted by Gasteiger charge is -2.11. The summed E-state index contributed by atoms with van der Waals surface area (Å²) in [5.41, 5.74) is 1.75. The summed E-state index contributed by atoms with van der Waals surface area (Å²) >= 11 is 1.15. The zero-order valence-electron chi connectivity index (χ0n) is 19.5. The highest BCUT2D eigenvalue weighted by Crippen LogP contribution is 2.43. The molecule has 0 aliphatic carbocycles. The largest absolute Gasteiger partial charge is 0.504 e. The van der Waals surface area contributed by atoms with Gasteiger partial charge in [-0.1, -0.05) is 23.5 Å². The quantitative estimate of drug-likeness (QED) is 0.233. The number of nitrogens with zero attached hydrogens (tertiary/aromatic N) is 1. The number of sulfonamides is 1. The Hall–Kier alpha value is -3.78. The number of aliphatic hydroxyl groups is 1. The molecule has 0 radical (unpaired) electrons. The molecule has 194 valence electrons. The van der Waals surface area contributed by atoms with Crippen LogP contribution in [-0.4, -0.2) is 50.4 Å². The first kappa shape index (κ1) is 24.9. The summed E-state index contributed by atoms with van der Waals surface area (Å²) in [4.78, 5) is 4.44. The number of phenols is 1. The van der Waals surface area contributed by atoms with Crippen molar-refractivity contribution in [3.8, 4) is 23.0 Å². The molecule has 1 aliphatic heterocycles. The molecule has 0 saturated heterocycles. The number of aromatic hydroxyl groups is 1. The van der Waals surface area contributed by atoms with Gasteiger partial charge in [0.15, 0.2) is 28.1 Å². The van der Waals surface area contributed by atoms with E-state index in [0.717, 1.165) is 11.3 Å². The number of nitrogens with one attached hydrogen (secondary N) is 2. The number of fused-ring (bicyclic) bond motifs is 3. The van der Waals surface area contributed by atoms with Gasteiger partial charge in [-0.2, -0.15) is 0 Å². The van der Waals surface area contributed by atoms with E-state index in [0.29, 0.717) is 45.3 Å². The molecule has 11 nitrogen and oxygen atoms in total. The fourth-order valence-corrected chi connectivity index (χ4v) is 5.74. The second-order valence-electron chi connectivity index (χ2n) is 7.83. The van der Waals surface area contributed by atoms with Crippen LogP contribution in [0.2, 0.25) is 0 Å². The Kier molecular flexibility index (Phi) is 6.93. The van der Waals surface area contributed by atoms with Crippen molar-refractivity contribution in [1.82, 2.24) is 4.98 Å². The summed E-state index contributed by atoms with van der Waals surface area (Å²) in [6, 6.07) is 14.9. The highest BCUT2D eigenvalue weighted by molar-refractivity contribution is 7.93. The molecule has 5 rings (SSSR count). The third kappa shape index (κ3) is 5.20. The molecule has 3 aromatic carbocycles. The van der Waals surface area contributed by atoms with E-state index >= 15 is 0 Å². The Morgan fingerprint density at radius 3 is 2.68 bits per heavy atom. The number of aromatic nitrogens is 1. The molecule has 1 aromatic heterocycles. The van der Waals surface area contributed by atoms with Gasteiger partial charge in [0.25, 0.3) is 10.0 Å². The van der Waals surface area contributed by atoms with Gasteiger partial charge in [0.2, 0.25) is 0 Å². The summed E-state index contributed by atoms with van der Waals surface area (Å²) < 4.78 is 50.7. The number of ether oxygens (including phenoxy) is 4. The smallest absolute Gasteiger partial charge is 0.361 e. The number of methoxy groups -OCH3 is 1. The minimum Gasteiger partial charge on any atom is -0.504 e. The molecular formula is C24H23N3O8S2. The Balaban J connectivity index is 1.27. The van der Waals surface area contributed by atoms with Crippen molar-refractivity contribution in [2.45, 2.75) is 17.9 Å². The number of thiazole rings is 1. The molecular weight excluding hydrogens is 522 g/mol. The molecule has 0 spiro atoms. The SMILES string of the molecule is COc1cccc(CNc2ccc(S(=O)(=O)Nc3nc4c5c(ccc4s3)OC(OCCO)O5)cc2)c1O. The van der Waals surface area contributed by atoms with Crippen LogP contribution in [0.15, 0.2) is 59.5 Å². The summed E-state index contributed by atoms with van der Waals surface area (Å²) in [5, 5.41) is 22.4. The normalized spacial score (nSPS) is 14.6. The van der Waals surface area contributed by atoms with Crippen molar-refractivity contribution in [1.29, 1.82) is 0 Å². The van der Waals surface area contributed by atoms with Crippen LogP contribution in [0.5, 0.6) is 23.0 Å². The highest BCUT2D eigenvalue weighted by atomic mass is 32.2. The van der Waals surface area contributed by atoms with Crippen LogP contribution in [0.25, 0.3) is 10.2 Å². The van der Waals surface area contributed by atoms with Gasteiger partial charge in [-0.25, -0.2) is 13.4 Å². The molecule has 0 saturated carbocycles. The summed E-state index contributed by atoms with van der Waals surface area (Å²) in [5.74, 6) is 1.19. The van der Waals surface area contributed by atoms with E-state index < -0.39 is 16.5 Å². The fraction of sp³-hybridized carbons (Fsp3) is 0.208. The van der Waals surface area contributed by atoms with Gasteiger partial charge < -0.3 is 34.5 Å². The number of benzene rings is 3. The molecule has 1 atom stereocenters. The third-order valence-corrected chi connectivity index (χ3v) is 7.85. The molecule has 13 heteroatoms. The molecule has 0 fully saturated rings. The predicted octanol–water partition coefficient (Wildman–Crippen LogP) is 3.49. The molecule has 1 unspecified atom stereocenters. The maximum absolute atomic E-state index is 13.0. The first-order valence-corrected chi connectivity index (χ1v) is 13.4. The van der Waals surface area contributed by atoms with Crippen molar-refractivity contribution >= 4 is 42.4 Å². The second-order valence-corrected chi connectivity index (χ2v) is 10.5. The molecule has 4 N–H and O–H groups in total. The topological polar surface area (TPSA) is 148 Å². The number of anilines is 2. The first-order chi connectivity index (χ1) is 17.9. The third-order valence-electron chi connectivity index (χ3n) is 5.43. The monoisotopic (exact) mass is 545 g/mol. The van der Waals surface area contributed by atoms with Crippen LogP contribution < -0.4 is 24.2 Å². The van der Waals surface area contributed by atoms with Crippen LogP contribution in [0.3, 0.4) is 0 Å². The second kappa shape index (κ2) is 10.3. The number of aliphatic hydroxyl groups excluding tert-OH is 1. The average Bonchev–Trinajstić information content (AvgIpc) is 3.50. The van der Waals surface area contributed by atoms with Crippen molar-refractivity contribution in [3.63, 3.8) is 0 Å². The van der Waals surface area contributed by atoms with Crippen LogP contribution in [0.1, 0.15) is 5.56 Å². The zero-order valence-corrected chi connectivity index (χ0v) is 21.1. The highest BCUT2D eigenvalue weighted by Gasteiger charge is 2.29. The molecule has 37 heavy (non-hydrogen) atoms. The minimum atomic E-state index is -3.91. The lowest BCUT2D eigenvalue weighted by Crippen LogP contribution is -2.23. The van der Waals surface area contributed by atoms with E-state index in [-0.39, 0.29) is 29.0 Å².